The van der Waals surface area contributed by atoms with Gasteiger partial charge in [-0.1, -0.05) is 218 Å². The number of aromatic nitrogens is 1. The van der Waals surface area contributed by atoms with Crippen LogP contribution in [0.15, 0.2) is 279 Å². The van der Waals surface area contributed by atoms with Crippen molar-refractivity contribution in [2.75, 3.05) is 4.90 Å². The van der Waals surface area contributed by atoms with Crippen molar-refractivity contribution in [2.45, 2.75) is 0 Å². The van der Waals surface area contributed by atoms with Gasteiger partial charge in [-0.25, -0.2) is 0 Å². The quantitative estimate of drug-likeness (QED) is 0.131. The van der Waals surface area contributed by atoms with E-state index in [1.807, 2.05) is 0 Å². The minimum absolute atomic E-state index is 1.07. The van der Waals surface area contributed by atoms with E-state index in [1.54, 1.807) is 0 Å². The maximum absolute atomic E-state index is 2.52. The van der Waals surface area contributed by atoms with Crippen molar-refractivity contribution in [3.8, 4) is 61.3 Å². The van der Waals surface area contributed by atoms with Gasteiger partial charge in [0.1, 0.15) is 0 Å². The van der Waals surface area contributed by atoms with Crippen molar-refractivity contribution < 1.29 is 0 Å². The molecule has 0 aliphatic carbocycles. The second kappa shape index (κ2) is 17.4. The van der Waals surface area contributed by atoms with Crippen molar-refractivity contribution in [3.05, 3.63) is 279 Å². The van der Waals surface area contributed by atoms with Gasteiger partial charge >= 0.3 is 0 Å². The Balaban J connectivity index is 1.14. The molecule has 0 bridgehead atoms. The van der Waals surface area contributed by atoms with Crippen LogP contribution in [-0.2, 0) is 0 Å². The number of para-hydroxylation sites is 2. The molecule has 70 heavy (non-hydrogen) atoms. The maximum atomic E-state index is 2.52. The topological polar surface area (TPSA) is 8.17 Å². The van der Waals surface area contributed by atoms with E-state index in [2.05, 4.69) is 289 Å². The Bertz CT molecular complexity index is 3990. The summed E-state index contributed by atoms with van der Waals surface area (Å²) in [5.74, 6) is 0. The molecule has 0 radical (unpaired) electrons. The summed E-state index contributed by atoms with van der Waals surface area (Å²) in [6.07, 6.45) is 0. The zero-order valence-corrected chi connectivity index (χ0v) is 38.5. The summed E-state index contributed by atoms with van der Waals surface area (Å²) >= 11 is 0. The number of hydrogen-bond acceptors (Lipinski definition) is 1. The number of hydrogen-bond donors (Lipinski definition) is 0. The summed E-state index contributed by atoms with van der Waals surface area (Å²) in [4.78, 5) is 2.52. The molecule has 1 aromatic heterocycles. The molecule has 0 atom stereocenters. The highest BCUT2D eigenvalue weighted by Gasteiger charge is 2.25. The van der Waals surface area contributed by atoms with Gasteiger partial charge in [0.2, 0.25) is 0 Å². The van der Waals surface area contributed by atoms with Gasteiger partial charge < -0.3 is 9.47 Å². The summed E-state index contributed by atoms with van der Waals surface area (Å²) in [6.45, 7) is 0. The van der Waals surface area contributed by atoms with E-state index in [0.29, 0.717) is 0 Å². The molecule has 328 valence electrons. The lowest BCUT2D eigenvalue weighted by molar-refractivity contribution is 1.18. The SMILES string of the molecule is c1ccc(-c2ccc(-c3c4cc(-c5ccccc5)ccc4c(N(c4ccc(-c5ccccc5)cc4)c4ccc5c(c4)c4ccccc4n5-c4ccccc4)c4cc(-c5ccccc5)ccc34)cc2)cc1. The zero-order valence-electron chi connectivity index (χ0n) is 38.5. The highest BCUT2D eigenvalue weighted by atomic mass is 15.1. The number of benzene rings is 12. The fourth-order valence-electron chi connectivity index (χ4n) is 10.6. The minimum atomic E-state index is 1.07. The minimum Gasteiger partial charge on any atom is -0.309 e. The van der Waals surface area contributed by atoms with Crippen LogP contribution in [0.3, 0.4) is 0 Å². The lowest BCUT2D eigenvalue weighted by atomic mass is 9.86. The number of rotatable bonds is 9. The first-order chi connectivity index (χ1) is 34.7. The van der Waals surface area contributed by atoms with Gasteiger partial charge in [0.05, 0.1) is 16.7 Å². The van der Waals surface area contributed by atoms with Crippen LogP contribution in [0, 0.1) is 0 Å². The van der Waals surface area contributed by atoms with Gasteiger partial charge in [0.15, 0.2) is 0 Å². The number of anilines is 3. The van der Waals surface area contributed by atoms with Crippen LogP contribution in [0.4, 0.5) is 17.1 Å². The van der Waals surface area contributed by atoms with Crippen LogP contribution >= 0.6 is 0 Å². The van der Waals surface area contributed by atoms with Crippen molar-refractivity contribution in [1.29, 1.82) is 0 Å². The van der Waals surface area contributed by atoms with E-state index in [0.717, 1.165) is 22.7 Å². The fourth-order valence-corrected chi connectivity index (χ4v) is 10.6. The summed E-state index contributed by atoms with van der Waals surface area (Å²) in [7, 11) is 0. The molecule has 0 spiro atoms. The predicted molar refractivity (Wildman–Crippen MR) is 298 cm³/mol. The Morgan fingerprint density at radius 3 is 1.23 bits per heavy atom. The molecule has 12 aromatic carbocycles. The van der Waals surface area contributed by atoms with Crippen LogP contribution in [0.5, 0.6) is 0 Å². The standard InChI is InChI=1S/C68H46N2/c1-6-18-47(19-7-1)51-30-32-53(33-31-51)67-60-41-36-55(50-24-12-4-13-25-50)45-64(60)68(61-42-37-54(44-63(61)67)49-22-10-3-11-23-49)69(57-38-34-52(35-39-57)48-20-8-2-9-21-48)58-40-43-66-62(46-58)59-28-16-17-29-65(59)70(66)56-26-14-5-15-27-56/h1-46H. The van der Waals surface area contributed by atoms with E-state index in [-0.39, 0.29) is 0 Å². The van der Waals surface area contributed by atoms with Gasteiger partial charge in [-0.3, -0.25) is 0 Å². The molecule has 0 N–H and O–H groups in total. The van der Waals surface area contributed by atoms with Gasteiger partial charge in [0, 0.05) is 38.6 Å². The highest BCUT2D eigenvalue weighted by molar-refractivity contribution is 6.24. The third kappa shape index (κ3) is 7.22. The average molecular weight is 891 g/mol. The molecule has 0 fully saturated rings. The summed E-state index contributed by atoms with van der Waals surface area (Å²) in [5, 5.41) is 7.12. The molecule has 0 aliphatic rings. The molecular formula is C68H46N2. The Labute approximate surface area is 408 Å². The van der Waals surface area contributed by atoms with E-state index in [9.17, 15) is 0 Å². The zero-order chi connectivity index (χ0) is 46.4. The molecule has 0 amide bonds. The molecule has 0 saturated heterocycles. The molecule has 2 heteroatoms. The molecule has 2 nitrogen and oxygen atoms in total. The maximum Gasteiger partial charge on any atom is 0.0619 e. The molecule has 13 rings (SSSR count). The van der Waals surface area contributed by atoms with E-state index < -0.39 is 0 Å². The average Bonchev–Trinajstić information content (AvgIpc) is 3.78. The highest BCUT2D eigenvalue weighted by Crippen LogP contribution is 2.51. The van der Waals surface area contributed by atoms with Crippen LogP contribution in [0.2, 0.25) is 0 Å². The first kappa shape index (κ1) is 41.0. The smallest absolute Gasteiger partial charge is 0.0619 e. The predicted octanol–water partition coefficient (Wildman–Crippen LogP) is 18.9. The largest absolute Gasteiger partial charge is 0.309 e. The van der Waals surface area contributed by atoms with Gasteiger partial charge in [-0.05, 0) is 127 Å². The molecule has 0 aliphatic heterocycles. The lowest BCUT2D eigenvalue weighted by Crippen LogP contribution is -2.12. The van der Waals surface area contributed by atoms with Crippen molar-refractivity contribution >= 4 is 60.4 Å². The van der Waals surface area contributed by atoms with Gasteiger partial charge in [-0.15, -0.1) is 0 Å². The number of nitrogens with zero attached hydrogens (tertiary/aromatic N) is 2. The molecule has 0 saturated carbocycles. The molecule has 0 unspecified atom stereocenters. The second-order valence-electron chi connectivity index (χ2n) is 18.1. The first-order valence-corrected chi connectivity index (χ1v) is 24.1. The summed E-state index contributed by atoms with van der Waals surface area (Å²) in [6, 6.07) is 102. The Morgan fingerprint density at radius 1 is 0.229 bits per heavy atom. The Morgan fingerprint density at radius 2 is 0.643 bits per heavy atom. The third-order valence-electron chi connectivity index (χ3n) is 14.0. The van der Waals surface area contributed by atoms with Crippen LogP contribution in [0.1, 0.15) is 0 Å². The lowest BCUT2D eigenvalue weighted by Gasteiger charge is -2.30. The van der Waals surface area contributed by atoms with Gasteiger partial charge in [0.25, 0.3) is 0 Å². The number of fused-ring (bicyclic) bond motifs is 5. The van der Waals surface area contributed by atoms with Crippen molar-refractivity contribution in [2.24, 2.45) is 0 Å². The monoisotopic (exact) mass is 890 g/mol. The van der Waals surface area contributed by atoms with Crippen molar-refractivity contribution in [3.63, 3.8) is 0 Å². The van der Waals surface area contributed by atoms with E-state index >= 15 is 0 Å². The molecule has 13 aromatic rings. The van der Waals surface area contributed by atoms with E-state index in [4.69, 9.17) is 0 Å². The summed E-state index contributed by atoms with van der Waals surface area (Å²) < 4.78 is 2.40. The van der Waals surface area contributed by atoms with Crippen molar-refractivity contribution in [1.82, 2.24) is 4.57 Å². The van der Waals surface area contributed by atoms with E-state index in [1.165, 1.54) is 99.0 Å². The van der Waals surface area contributed by atoms with Gasteiger partial charge in [-0.2, -0.15) is 0 Å². The fraction of sp³-hybridized carbons (Fsp3) is 0. The normalized spacial score (nSPS) is 11.4. The summed E-state index contributed by atoms with van der Waals surface area (Å²) in [5.41, 5.74) is 18.6. The molecular weight excluding hydrogens is 845 g/mol. The van der Waals surface area contributed by atoms with Crippen LogP contribution < -0.4 is 4.90 Å². The van der Waals surface area contributed by atoms with Crippen LogP contribution in [-0.4, -0.2) is 4.57 Å². The second-order valence-corrected chi connectivity index (χ2v) is 18.1. The first-order valence-electron chi connectivity index (χ1n) is 24.1. The van der Waals surface area contributed by atoms with Crippen LogP contribution in [0.25, 0.3) is 105 Å². The third-order valence-corrected chi connectivity index (χ3v) is 14.0. The molecule has 1 heterocycles. The Hall–Kier alpha value is -9.24. The Kier molecular flexibility index (Phi) is 10.2.